The number of amides is 1. The van der Waals surface area contributed by atoms with Crippen LogP contribution in [-0.2, 0) is 9.53 Å². The molecule has 0 heterocycles. The van der Waals surface area contributed by atoms with Crippen LogP contribution in [0.15, 0.2) is 40.9 Å². The van der Waals surface area contributed by atoms with Crippen molar-refractivity contribution in [2.24, 2.45) is 0 Å². The molecule has 0 radical (unpaired) electrons. The van der Waals surface area contributed by atoms with Gasteiger partial charge in [0.1, 0.15) is 0 Å². The van der Waals surface area contributed by atoms with Crippen molar-refractivity contribution in [1.82, 2.24) is 5.32 Å². The Kier molecular flexibility index (Phi) is 7.40. The Labute approximate surface area is 122 Å². The van der Waals surface area contributed by atoms with Crippen molar-refractivity contribution in [2.45, 2.75) is 6.92 Å². The third-order valence-corrected chi connectivity index (χ3v) is 2.90. The first kappa shape index (κ1) is 15.9. The van der Waals surface area contributed by atoms with Crippen LogP contribution in [0.1, 0.15) is 6.92 Å². The fourth-order valence-electron chi connectivity index (χ4n) is 1.35. The van der Waals surface area contributed by atoms with E-state index in [1.54, 1.807) is 0 Å². The average Bonchev–Trinajstić information content (AvgIpc) is 2.36. The SMILES string of the molecule is C=C(C)COCCNCC(=O)Nc1ccccc1Br. The molecule has 1 aromatic rings. The monoisotopic (exact) mass is 326 g/mol. The zero-order chi connectivity index (χ0) is 14.1. The maximum absolute atomic E-state index is 11.7. The number of hydrogen-bond acceptors (Lipinski definition) is 3. The lowest BCUT2D eigenvalue weighted by Gasteiger charge is -2.08. The van der Waals surface area contributed by atoms with E-state index in [1.165, 1.54) is 0 Å². The van der Waals surface area contributed by atoms with Crippen LogP contribution in [-0.4, -0.2) is 32.2 Å². The predicted molar refractivity (Wildman–Crippen MR) is 81.3 cm³/mol. The average molecular weight is 327 g/mol. The Bertz CT molecular complexity index is 435. The topological polar surface area (TPSA) is 50.4 Å². The molecular formula is C14H19BrN2O2. The summed E-state index contributed by atoms with van der Waals surface area (Å²) in [5.41, 5.74) is 1.76. The molecule has 4 nitrogen and oxygen atoms in total. The van der Waals surface area contributed by atoms with Gasteiger partial charge in [0.05, 0.1) is 25.4 Å². The maximum Gasteiger partial charge on any atom is 0.238 e. The smallest absolute Gasteiger partial charge is 0.238 e. The van der Waals surface area contributed by atoms with Crippen molar-refractivity contribution in [3.63, 3.8) is 0 Å². The van der Waals surface area contributed by atoms with E-state index >= 15 is 0 Å². The van der Waals surface area contributed by atoms with Crippen molar-refractivity contribution in [3.8, 4) is 0 Å². The summed E-state index contributed by atoms with van der Waals surface area (Å²) in [6, 6.07) is 7.50. The maximum atomic E-state index is 11.7. The highest BCUT2D eigenvalue weighted by Gasteiger charge is 2.03. The van der Waals surface area contributed by atoms with Gasteiger partial charge in [-0.1, -0.05) is 24.3 Å². The molecule has 19 heavy (non-hydrogen) atoms. The van der Waals surface area contributed by atoms with Crippen molar-refractivity contribution in [3.05, 3.63) is 40.9 Å². The van der Waals surface area contributed by atoms with Gasteiger partial charge in [-0.05, 0) is 35.0 Å². The Morgan fingerprint density at radius 1 is 1.42 bits per heavy atom. The standard InChI is InChI=1S/C14H19BrN2O2/c1-11(2)10-19-8-7-16-9-14(18)17-13-6-4-3-5-12(13)15/h3-6,16H,1,7-10H2,2H3,(H,17,18). The molecule has 0 unspecified atom stereocenters. The lowest BCUT2D eigenvalue weighted by atomic mass is 10.3. The predicted octanol–water partition coefficient (Wildman–Crippen LogP) is 2.57. The van der Waals surface area contributed by atoms with Gasteiger partial charge >= 0.3 is 0 Å². The molecule has 0 bridgehead atoms. The third-order valence-electron chi connectivity index (χ3n) is 2.21. The summed E-state index contributed by atoms with van der Waals surface area (Å²) in [7, 11) is 0. The van der Waals surface area contributed by atoms with Crippen molar-refractivity contribution in [1.29, 1.82) is 0 Å². The lowest BCUT2D eigenvalue weighted by molar-refractivity contribution is -0.115. The normalized spacial score (nSPS) is 10.2. The number of anilines is 1. The number of carbonyl (C=O) groups is 1. The zero-order valence-electron chi connectivity index (χ0n) is 11.0. The number of ether oxygens (including phenoxy) is 1. The molecule has 0 spiro atoms. The van der Waals surface area contributed by atoms with Gasteiger partial charge in [-0.3, -0.25) is 4.79 Å². The number of hydrogen-bond donors (Lipinski definition) is 2. The van der Waals surface area contributed by atoms with E-state index in [4.69, 9.17) is 4.74 Å². The van der Waals surface area contributed by atoms with Gasteiger partial charge in [0.15, 0.2) is 0 Å². The number of carbonyl (C=O) groups excluding carboxylic acids is 1. The second-order valence-corrected chi connectivity index (χ2v) is 5.07. The molecular weight excluding hydrogens is 308 g/mol. The molecule has 1 aromatic carbocycles. The molecule has 0 saturated heterocycles. The van der Waals surface area contributed by atoms with Crippen molar-refractivity contribution in [2.75, 3.05) is 31.6 Å². The van der Waals surface area contributed by atoms with Gasteiger partial charge in [-0.15, -0.1) is 0 Å². The van der Waals surface area contributed by atoms with Gasteiger partial charge in [0.2, 0.25) is 5.91 Å². The van der Waals surface area contributed by atoms with Crippen LogP contribution in [0, 0.1) is 0 Å². The minimum absolute atomic E-state index is 0.0770. The summed E-state index contributed by atoms with van der Waals surface area (Å²) in [4.78, 5) is 11.7. The molecule has 0 fully saturated rings. The molecule has 0 aliphatic rings. The van der Waals surface area contributed by atoms with E-state index in [1.807, 2.05) is 31.2 Å². The van der Waals surface area contributed by atoms with Crippen LogP contribution < -0.4 is 10.6 Å². The molecule has 5 heteroatoms. The number of para-hydroxylation sites is 1. The molecule has 0 saturated carbocycles. The molecule has 0 aliphatic carbocycles. The van der Waals surface area contributed by atoms with Crippen LogP contribution in [0.25, 0.3) is 0 Å². The highest BCUT2D eigenvalue weighted by molar-refractivity contribution is 9.10. The fraction of sp³-hybridized carbons (Fsp3) is 0.357. The first-order valence-electron chi connectivity index (χ1n) is 6.07. The second kappa shape index (κ2) is 8.85. The van der Waals surface area contributed by atoms with Gasteiger partial charge in [-0.2, -0.15) is 0 Å². The second-order valence-electron chi connectivity index (χ2n) is 4.21. The quantitative estimate of drug-likeness (QED) is 0.570. The van der Waals surface area contributed by atoms with E-state index in [0.717, 1.165) is 15.7 Å². The largest absolute Gasteiger partial charge is 0.376 e. The van der Waals surface area contributed by atoms with E-state index in [9.17, 15) is 4.79 Å². The van der Waals surface area contributed by atoms with Crippen LogP contribution in [0.3, 0.4) is 0 Å². The summed E-state index contributed by atoms with van der Waals surface area (Å²) in [5.74, 6) is -0.0770. The van der Waals surface area contributed by atoms with Crippen LogP contribution in [0.5, 0.6) is 0 Å². The summed E-state index contributed by atoms with van der Waals surface area (Å²) in [6.45, 7) is 7.68. The molecule has 0 aromatic heterocycles. The summed E-state index contributed by atoms with van der Waals surface area (Å²) in [6.07, 6.45) is 0. The minimum Gasteiger partial charge on any atom is -0.376 e. The van der Waals surface area contributed by atoms with Crippen molar-refractivity contribution < 1.29 is 9.53 Å². The minimum atomic E-state index is -0.0770. The molecule has 1 amide bonds. The van der Waals surface area contributed by atoms with E-state index in [0.29, 0.717) is 19.8 Å². The van der Waals surface area contributed by atoms with Crippen LogP contribution >= 0.6 is 15.9 Å². The summed E-state index contributed by atoms with van der Waals surface area (Å²) in [5, 5.41) is 5.83. The van der Waals surface area contributed by atoms with E-state index < -0.39 is 0 Å². The summed E-state index contributed by atoms with van der Waals surface area (Å²) < 4.78 is 6.18. The van der Waals surface area contributed by atoms with Gasteiger partial charge in [0.25, 0.3) is 0 Å². The Morgan fingerprint density at radius 2 is 2.16 bits per heavy atom. The summed E-state index contributed by atoms with van der Waals surface area (Å²) >= 11 is 3.38. The van der Waals surface area contributed by atoms with Gasteiger partial charge in [0, 0.05) is 11.0 Å². The van der Waals surface area contributed by atoms with Crippen molar-refractivity contribution >= 4 is 27.5 Å². The lowest BCUT2D eigenvalue weighted by Crippen LogP contribution is -2.30. The molecule has 1 rings (SSSR count). The molecule has 0 aliphatic heterocycles. The molecule has 0 atom stereocenters. The fourth-order valence-corrected chi connectivity index (χ4v) is 1.73. The molecule has 2 N–H and O–H groups in total. The Balaban J connectivity index is 2.15. The van der Waals surface area contributed by atoms with Gasteiger partial charge < -0.3 is 15.4 Å². The molecule has 104 valence electrons. The van der Waals surface area contributed by atoms with E-state index in [2.05, 4.69) is 33.1 Å². The first-order valence-corrected chi connectivity index (χ1v) is 6.86. The number of rotatable bonds is 8. The zero-order valence-corrected chi connectivity index (χ0v) is 12.6. The number of nitrogens with one attached hydrogen (secondary N) is 2. The Morgan fingerprint density at radius 3 is 2.84 bits per heavy atom. The number of benzene rings is 1. The van der Waals surface area contributed by atoms with Crippen LogP contribution in [0.4, 0.5) is 5.69 Å². The third kappa shape index (κ3) is 7.10. The van der Waals surface area contributed by atoms with E-state index in [-0.39, 0.29) is 12.5 Å². The van der Waals surface area contributed by atoms with Gasteiger partial charge in [-0.25, -0.2) is 0 Å². The Hall–Kier alpha value is -1.17. The first-order chi connectivity index (χ1) is 9.09. The highest BCUT2D eigenvalue weighted by Crippen LogP contribution is 2.20. The van der Waals surface area contributed by atoms with Crippen LogP contribution in [0.2, 0.25) is 0 Å². The number of halogens is 1. The highest BCUT2D eigenvalue weighted by atomic mass is 79.9.